The normalized spacial score (nSPS) is 10.9. The number of carbonyl (C=O) groups excluding carboxylic acids is 1. The van der Waals surface area contributed by atoms with Gasteiger partial charge in [-0.25, -0.2) is 0 Å². The summed E-state index contributed by atoms with van der Waals surface area (Å²) in [5, 5.41) is 17.2. The fourth-order valence-corrected chi connectivity index (χ4v) is 2.19. The largest absolute Gasteiger partial charge is 0.545 e. The summed E-state index contributed by atoms with van der Waals surface area (Å²) in [4.78, 5) is 10.8. The molecule has 22 heavy (non-hydrogen) atoms. The fraction of sp³-hybridized carbons (Fsp3) is 0. The van der Waals surface area contributed by atoms with Crippen molar-refractivity contribution in [2.45, 2.75) is 0 Å². The van der Waals surface area contributed by atoms with Crippen LogP contribution < -0.4 is 10.5 Å². The summed E-state index contributed by atoms with van der Waals surface area (Å²) in [6.07, 6.45) is 1.69. The number of fused-ring (bicyclic) bond motifs is 1. The number of benzene rings is 3. The van der Waals surface area contributed by atoms with Gasteiger partial charge in [0.1, 0.15) is 0 Å². The van der Waals surface area contributed by atoms with Crippen LogP contribution in [-0.4, -0.2) is 12.2 Å². The zero-order chi connectivity index (χ0) is 15.4. The molecule has 1 N–H and O–H groups in total. The van der Waals surface area contributed by atoms with Crippen molar-refractivity contribution in [3.05, 3.63) is 77.9 Å². The Morgan fingerprint density at radius 2 is 1.77 bits per heavy atom. The molecule has 3 aromatic carbocycles. The van der Waals surface area contributed by atoms with E-state index in [0.29, 0.717) is 5.69 Å². The number of anilines is 1. The Labute approximate surface area is 127 Å². The molecule has 0 unspecified atom stereocenters. The Morgan fingerprint density at radius 1 is 0.955 bits per heavy atom. The minimum absolute atomic E-state index is 0.117. The maximum atomic E-state index is 10.8. The Hall–Kier alpha value is -3.14. The molecule has 3 rings (SSSR count). The van der Waals surface area contributed by atoms with Crippen LogP contribution in [0.2, 0.25) is 0 Å². The van der Waals surface area contributed by atoms with Crippen molar-refractivity contribution in [3.63, 3.8) is 0 Å². The van der Waals surface area contributed by atoms with E-state index in [9.17, 15) is 9.90 Å². The quantitative estimate of drug-likeness (QED) is 0.593. The third-order valence-corrected chi connectivity index (χ3v) is 3.28. The number of hydrazone groups is 1. The summed E-state index contributed by atoms with van der Waals surface area (Å²) in [6, 6.07) is 20.5. The monoisotopic (exact) mass is 289 g/mol. The van der Waals surface area contributed by atoms with Crippen molar-refractivity contribution in [1.82, 2.24) is 0 Å². The van der Waals surface area contributed by atoms with Gasteiger partial charge < -0.3 is 9.90 Å². The highest BCUT2D eigenvalue weighted by atomic mass is 16.4. The van der Waals surface area contributed by atoms with E-state index in [1.165, 1.54) is 17.5 Å². The van der Waals surface area contributed by atoms with Crippen molar-refractivity contribution < 1.29 is 9.90 Å². The van der Waals surface area contributed by atoms with E-state index in [1.54, 1.807) is 18.3 Å². The van der Waals surface area contributed by atoms with Crippen LogP contribution in [0.1, 0.15) is 15.9 Å². The molecule has 0 aromatic heterocycles. The number of nitrogens with zero attached hydrogens (tertiary/aromatic N) is 1. The molecule has 0 heterocycles. The fourth-order valence-electron chi connectivity index (χ4n) is 2.19. The summed E-state index contributed by atoms with van der Waals surface area (Å²) in [6.45, 7) is 0. The van der Waals surface area contributed by atoms with Crippen LogP contribution in [0.4, 0.5) is 5.69 Å². The van der Waals surface area contributed by atoms with Crippen LogP contribution in [0.5, 0.6) is 0 Å². The topological polar surface area (TPSA) is 64.5 Å². The molecule has 3 aromatic rings. The molecule has 0 atom stereocenters. The van der Waals surface area contributed by atoms with Gasteiger partial charge in [0, 0.05) is 0 Å². The molecule has 0 amide bonds. The summed E-state index contributed by atoms with van der Waals surface area (Å²) in [5.41, 5.74) is 4.49. The molecule has 4 nitrogen and oxygen atoms in total. The first kappa shape index (κ1) is 13.8. The van der Waals surface area contributed by atoms with E-state index in [0.717, 1.165) is 10.9 Å². The van der Waals surface area contributed by atoms with Gasteiger partial charge in [0.2, 0.25) is 0 Å². The number of carbonyl (C=O) groups is 1. The number of nitrogens with one attached hydrogen (secondary N) is 1. The third kappa shape index (κ3) is 3.12. The standard InChI is InChI=1S/C18H14N2O2/c21-18(22)16-6-3-7-17(11-16)20-19-12-13-8-9-14-4-1-2-5-15(14)10-13/h1-12,20H,(H,21,22)/p-1/b19-12-. The molecule has 0 bridgehead atoms. The maximum absolute atomic E-state index is 10.8. The summed E-state index contributed by atoms with van der Waals surface area (Å²) in [5.74, 6) is -1.21. The van der Waals surface area contributed by atoms with E-state index < -0.39 is 5.97 Å². The van der Waals surface area contributed by atoms with E-state index in [4.69, 9.17) is 0 Å². The number of rotatable bonds is 4. The molecular formula is C18H13N2O2-. The van der Waals surface area contributed by atoms with Crippen molar-refractivity contribution in [2.24, 2.45) is 5.10 Å². The molecule has 0 saturated carbocycles. The molecule has 4 heteroatoms. The second kappa shape index (κ2) is 6.10. The minimum atomic E-state index is -1.21. The van der Waals surface area contributed by atoms with Crippen LogP contribution in [0.25, 0.3) is 10.8 Å². The van der Waals surface area contributed by atoms with Gasteiger partial charge in [-0.3, -0.25) is 5.43 Å². The number of aromatic carboxylic acids is 1. The van der Waals surface area contributed by atoms with Gasteiger partial charge in [-0.1, -0.05) is 48.5 Å². The summed E-state index contributed by atoms with van der Waals surface area (Å²) < 4.78 is 0. The van der Waals surface area contributed by atoms with Crippen LogP contribution in [0.3, 0.4) is 0 Å². The van der Waals surface area contributed by atoms with Gasteiger partial charge in [-0.05, 0) is 40.1 Å². The SMILES string of the molecule is O=C([O-])c1cccc(N/N=C\c2ccc3ccccc3c2)c1. The molecular weight excluding hydrogens is 276 g/mol. The molecule has 0 radical (unpaired) electrons. The minimum Gasteiger partial charge on any atom is -0.545 e. The Balaban J connectivity index is 1.75. The lowest BCUT2D eigenvalue weighted by Gasteiger charge is -2.05. The number of hydrogen-bond acceptors (Lipinski definition) is 4. The average molecular weight is 289 g/mol. The van der Waals surface area contributed by atoms with E-state index in [2.05, 4.69) is 16.6 Å². The van der Waals surface area contributed by atoms with Gasteiger partial charge in [0.25, 0.3) is 0 Å². The van der Waals surface area contributed by atoms with Gasteiger partial charge in [-0.2, -0.15) is 5.10 Å². The Bertz CT molecular complexity index is 856. The Morgan fingerprint density at radius 3 is 2.59 bits per heavy atom. The highest BCUT2D eigenvalue weighted by molar-refractivity contribution is 5.90. The second-order valence-electron chi connectivity index (χ2n) is 4.84. The van der Waals surface area contributed by atoms with Gasteiger partial charge in [0.05, 0.1) is 17.9 Å². The molecule has 0 fully saturated rings. The van der Waals surface area contributed by atoms with Crippen molar-refractivity contribution in [2.75, 3.05) is 5.43 Å². The van der Waals surface area contributed by atoms with Crippen molar-refractivity contribution >= 4 is 28.6 Å². The lowest BCUT2D eigenvalue weighted by atomic mass is 10.1. The first-order valence-electron chi connectivity index (χ1n) is 6.82. The first-order valence-corrected chi connectivity index (χ1v) is 6.82. The summed E-state index contributed by atoms with van der Waals surface area (Å²) in [7, 11) is 0. The molecule has 0 aliphatic heterocycles. The zero-order valence-corrected chi connectivity index (χ0v) is 11.7. The van der Waals surface area contributed by atoms with Crippen LogP contribution in [0, 0.1) is 0 Å². The van der Waals surface area contributed by atoms with Gasteiger partial charge in [0.15, 0.2) is 0 Å². The molecule has 0 spiro atoms. The number of hydrogen-bond donors (Lipinski definition) is 1. The molecule has 108 valence electrons. The lowest BCUT2D eigenvalue weighted by Crippen LogP contribution is -2.22. The molecule has 0 saturated heterocycles. The first-order chi connectivity index (χ1) is 10.7. The highest BCUT2D eigenvalue weighted by Crippen LogP contribution is 2.15. The molecule has 0 aliphatic carbocycles. The van der Waals surface area contributed by atoms with E-state index in [-0.39, 0.29) is 5.56 Å². The van der Waals surface area contributed by atoms with Crippen molar-refractivity contribution in [3.8, 4) is 0 Å². The van der Waals surface area contributed by atoms with Crippen molar-refractivity contribution in [1.29, 1.82) is 0 Å². The predicted octanol–water partition coefficient (Wildman–Crippen LogP) is 2.65. The predicted molar refractivity (Wildman–Crippen MR) is 85.9 cm³/mol. The zero-order valence-electron chi connectivity index (χ0n) is 11.7. The van der Waals surface area contributed by atoms with Crippen LogP contribution >= 0.6 is 0 Å². The lowest BCUT2D eigenvalue weighted by molar-refractivity contribution is -0.255. The van der Waals surface area contributed by atoms with Gasteiger partial charge >= 0.3 is 0 Å². The smallest absolute Gasteiger partial charge is 0.0716 e. The number of carboxylic acids is 1. The summed E-state index contributed by atoms with van der Waals surface area (Å²) >= 11 is 0. The van der Waals surface area contributed by atoms with Gasteiger partial charge in [-0.15, -0.1) is 0 Å². The maximum Gasteiger partial charge on any atom is 0.0716 e. The van der Waals surface area contributed by atoms with E-state index in [1.807, 2.05) is 36.4 Å². The number of carboxylic acid groups (broad SMARTS) is 1. The van der Waals surface area contributed by atoms with E-state index >= 15 is 0 Å². The van der Waals surface area contributed by atoms with Crippen LogP contribution in [0.15, 0.2) is 71.8 Å². The van der Waals surface area contributed by atoms with Crippen LogP contribution in [-0.2, 0) is 0 Å². The highest BCUT2D eigenvalue weighted by Gasteiger charge is 1.96. The second-order valence-corrected chi connectivity index (χ2v) is 4.84. The third-order valence-electron chi connectivity index (χ3n) is 3.28. The average Bonchev–Trinajstić information content (AvgIpc) is 2.55. The molecule has 0 aliphatic rings. The Kier molecular flexibility index (Phi) is 3.83.